The van der Waals surface area contributed by atoms with E-state index in [1.807, 2.05) is 43.3 Å². The van der Waals surface area contributed by atoms with Gasteiger partial charge in [-0.3, -0.25) is 9.10 Å². The van der Waals surface area contributed by atoms with E-state index in [2.05, 4.69) is 17.4 Å². The number of thioether (sulfide) groups is 1. The van der Waals surface area contributed by atoms with Crippen molar-refractivity contribution in [2.75, 3.05) is 15.9 Å². The summed E-state index contributed by atoms with van der Waals surface area (Å²) < 4.78 is 26.3. The molecule has 0 heterocycles. The Hall–Kier alpha value is -2.48. The maximum Gasteiger partial charge on any atom is 0.248 e. The molecule has 0 saturated carbocycles. The lowest BCUT2D eigenvalue weighted by Gasteiger charge is -2.30. The van der Waals surface area contributed by atoms with Gasteiger partial charge < -0.3 is 5.32 Å². The number of halogens is 1. The van der Waals surface area contributed by atoms with Crippen molar-refractivity contribution in [2.24, 2.45) is 0 Å². The Labute approximate surface area is 205 Å². The van der Waals surface area contributed by atoms with Gasteiger partial charge in [0.25, 0.3) is 0 Å². The summed E-state index contributed by atoms with van der Waals surface area (Å²) in [5.74, 6) is 0.421. The van der Waals surface area contributed by atoms with Gasteiger partial charge in [0.05, 0.1) is 11.9 Å². The first kappa shape index (κ1) is 25.1. The van der Waals surface area contributed by atoms with Gasteiger partial charge in [-0.1, -0.05) is 54.9 Å². The normalized spacial score (nSPS) is 12.2. The van der Waals surface area contributed by atoms with Gasteiger partial charge in [0, 0.05) is 21.4 Å². The predicted molar refractivity (Wildman–Crippen MR) is 139 cm³/mol. The fraction of sp³-hybridized carbons (Fsp3) is 0.240. The van der Waals surface area contributed by atoms with E-state index in [-0.39, 0.29) is 0 Å². The number of carbonyl (C=O) groups is 1. The highest BCUT2D eigenvalue weighted by molar-refractivity contribution is 7.98. The van der Waals surface area contributed by atoms with Crippen LogP contribution in [0.25, 0.3) is 0 Å². The molecule has 0 saturated heterocycles. The predicted octanol–water partition coefficient (Wildman–Crippen LogP) is 6.12. The highest BCUT2D eigenvalue weighted by atomic mass is 35.5. The monoisotopic (exact) mass is 502 g/mol. The number of amides is 1. The Bertz CT molecular complexity index is 1220. The molecule has 5 nitrogen and oxygen atoms in total. The molecule has 0 aliphatic rings. The Morgan fingerprint density at radius 3 is 2.39 bits per heavy atom. The second kappa shape index (κ2) is 11.1. The van der Waals surface area contributed by atoms with Gasteiger partial charge in [0.15, 0.2) is 0 Å². The van der Waals surface area contributed by atoms with Crippen LogP contribution in [0.2, 0.25) is 5.02 Å². The van der Waals surface area contributed by atoms with Gasteiger partial charge in [-0.25, -0.2) is 8.42 Å². The molecule has 0 bridgehead atoms. The molecule has 1 N–H and O–H groups in total. The van der Waals surface area contributed by atoms with Gasteiger partial charge in [-0.15, -0.1) is 11.8 Å². The topological polar surface area (TPSA) is 66.5 Å². The largest absolute Gasteiger partial charge is 0.324 e. The van der Waals surface area contributed by atoms with Crippen LogP contribution in [-0.4, -0.2) is 26.6 Å². The number of hydrogen-bond donors (Lipinski definition) is 1. The number of hydrogen-bond acceptors (Lipinski definition) is 4. The summed E-state index contributed by atoms with van der Waals surface area (Å²) in [5, 5.41) is 3.31. The van der Waals surface area contributed by atoms with Gasteiger partial charge in [0.2, 0.25) is 15.9 Å². The zero-order valence-electron chi connectivity index (χ0n) is 18.8. The summed E-state index contributed by atoms with van der Waals surface area (Å²) in [6, 6.07) is 21.6. The summed E-state index contributed by atoms with van der Waals surface area (Å²) >= 11 is 7.82. The Kier molecular flexibility index (Phi) is 8.46. The van der Waals surface area contributed by atoms with E-state index in [4.69, 9.17) is 11.6 Å². The summed E-state index contributed by atoms with van der Waals surface area (Å²) in [4.78, 5) is 14.4. The highest BCUT2D eigenvalue weighted by Crippen LogP contribution is 2.28. The van der Waals surface area contributed by atoms with E-state index in [0.29, 0.717) is 22.8 Å². The number of nitrogens with one attached hydrogen (secondary N) is 1. The molecule has 0 aromatic heterocycles. The quantitative estimate of drug-likeness (QED) is 0.358. The van der Waals surface area contributed by atoms with Gasteiger partial charge >= 0.3 is 0 Å². The SMILES string of the molecule is CC[C@@H](C(=O)Nc1ccc(CSc2ccccc2)cc1C)N(c1cccc(Cl)c1)S(C)(=O)=O. The molecule has 3 rings (SSSR count). The van der Waals surface area contributed by atoms with E-state index in [1.54, 1.807) is 43.0 Å². The van der Waals surface area contributed by atoms with Crippen LogP contribution in [0.1, 0.15) is 24.5 Å². The van der Waals surface area contributed by atoms with E-state index in [1.165, 1.54) is 4.90 Å². The molecule has 0 aliphatic heterocycles. The molecule has 1 amide bonds. The summed E-state index contributed by atoms with van der Waals surface area (Å²) in [7, 11) is -3.72. The smallest absolute Gasteiger partial charge is 0.248 e. The molecule has 0 spiro atoms. The Morgan fingerprint density at radius 1 is 1.06 bits per heavy atom. The fourth-order valence-corrected chi connectivity index (χ4v) is 5.78. The summed E-state index contributed by atoms with van der Waals surface area (Å²) in [6.45, 7) is 3.71. The molecule has 8 heteroatoms. The standard InChI is InChI=1S/C25H27ClN2O3S2/c1-4-24(28(33(3,30)31)21-10-8-9-20(26)16-21)25(29)27-23-14-13-19(15-18(23)2)17-32-22-11-6-5-7-12-22/h5-16,24H,4,17H2,1-3H3,(H,27,29)/t24-/m0/s1. The average Bonchev–Trinajstić information content (AvgIpc) is 2.77. The van der Waals surface area contributed by atoms with Crippen molar-refractivity contribution in [3.8, 4) is 0 Å². The lowest BCUT2D eigenvalue weighted by atomic mass is 10.1. The van der Waals surface area contributed by atoms with Crippen molar-refractivity contribution in [3.05, 3.63) is 88.9 Å². The third-order valence-electron chi connectivity index (χ3n) is 5.09. The average molecular weight is 503 g/mol. The van der Waals surface area contributed by atoms with Crippen molar-refractivity contribution in [1.29, 1.82) is 0 Å². The zero-order chi connectivity index (χ0) is 24.0. The van der Waals surface area contributed by atoms with Crippen molar-refractivity contribution in [1.82, 2.24) is 0 Å². The molecule has 0 radical (unpaired) electrons. The minimum atomic E-state index is -3.72. The van der Waals surface area contributed by atoms with E-state index >= 15 is 0 Å². The number of carbonyl (C=O) groups excluding carboxylic acids is 1. The fourth-order valence-electron chi connectivity index (χ4n) is 3.53. The molecular weight excluding hydrogens is 476 g/mol. The lowest BCUT2D eigenvalue weighted by molar-refractivity contribution is -0.117. The van der Waals surface area contributed by atoms with Crippen LogP contribution in [0.3, 0.4) is 0 Å². The first-order valence-corrected chi connectivity index (χ1v) is 13.7. The van der Waals surface area contributed by atoms with Crippen LogP contribution < -0.4 is 9.62 Å². The van der Waals surface area contributed by atoms with Crippen molar-refractivity contribution < 1.29 is 13.2 Å². The first-order chi connectivity index (χ1) is 15.7. The first-order valence-electron chi connectivity index (χ1n) is 10.5. The van der Waals surface area contributed by atoms with Crippen LogP contribution in [0.15, 0.2) is 77.7 Å². The van der Waals surface area contributed by atoms with Crippen molar-refractivity contribution >= 4 is 50.7 Å². The van der Waals surface area contributed by atoms with Crippen LogP contribution in [-0.2, 0) is 20.6 Å². The molecule has 0 aliphatic carbocycles. The van der Waals surface area contributed by atoms with Gasteiger partial charge in [0.1, 0.15) is 6.04 Å². The van der Waals surface area contributed by atoms with Crippen molar-refractivity contribution in [3.63, 3.8) is 0 Å². The molecule has 33 heavy (non-hydrogen) atoms. The molecule has 3 aromatic carbocycles. The lowest BCUT2D eigenvalue weighted by Crippen LogP contribution is -2.47. The van der Waals surface area contributed by atoms with Gasteiger partial charge in [-0.2, -0.15) is 0 Å². The van der Waals surface area contributed by atoms with Crippen LogP contribution in [0.5, 0.6) is 0 Å². The van der Waals surface area contributed by atoms with E-state index in [0.717, 1.165) is 27.4 Å². The second-order valence-electron chi connectivity index (χ2n) is 7.70. The zero-order valence-corrected chi connectivity index (χ0v) is 21.2. The van der Waals surface area contributed by atoms with E-state index < -0.39 is 22.0 Å². The van der Waals surface area contributed by atoms with Crippen LogP contribution >= 0.6 is 23.4 Å². The third-order valence-corrected chi connectivity index (χ3v) is 7.59. The van der Waals surface area contributed by atoms with Crippen LogP contribution in [0, 0.1) is 6.92 Å². The minimum Gasteiger partial charge on any atom is -0.324 e. The Morgan fingerprint density at radius 2 is 1.79 bits per heavy atom. The molecular formula is C25H27ClN2O3S2. The highest BCUT2D eigenvalue weighted by Gasteiger charge is 2.31. The van der Waals surface area contributed by atoms with Gasteiger partial charge in [-0.05, 0) is 60.9 Å². The third kappa shape index (κ3) is 6.76. The second-order valence-corrected chi connectivity index (χ2v) is 11.0. The molecule has 3 aromatic rings. The number of benzene rings is 3. The van der Waals surface area contributed by atoms with E-state index in [9.17, 15) is 13.2 Å². The number of sulfonamides is 1. The minimum absolute atomic E-state index is 0.302. The number of nitrogens with zero attached hydrogens (tertiary/aromatic N) is 1. The molecule has 1 atom stereocenters. The number of anilines is 2. The van der Waals surface area contributed by atoms with Crippen LogP contribution in [0.4, 0.5) is 11.4 Å². The maximum absolute atomic E-state index is 13.2. The molecule has 0 unspecified atom stereocenters. The molecule has 0 fully saturated rings. The number of rotatable bonds is 9. The summed E-state index contributed by atoms with van der Waals surface area (Å²) in [5.41, 5.74) is 3.07. The summed E-state index contributed by atoms with van der Waals surface area (Å²) in [6.07, 6.45) is 1.39. The molecule has 174 valence electrons. The maximum atomic E-state index is 13.2. The Balaban J connectivity index is 1.77. The van der Waals surface area contributed by atoms with Crippen molar-refractivity contribution in [2.45, 2.75) is 37.0 Å². The number of aryl methyl sites for hydroxylation is 1.